The minimum absolute atomic E-state index is 0.250. The van der Waals surface area contributed by atoms with Crippen LogP contribution in [-0.4, -0.2) is 12.6 Å². The molecule has 0 saturated carbocycles. The summed E-state index contributed by atoms with van der Waals surface area (Å²) in [4.78, 5) is 11.1. The zero-order valence-corrected chi connectivity index (χ0v) is 8.13. The number of carbonyl (C=O) groups is 1. The molecule has 0 aromatic heterocycles. The molecular formula is C11H13FO2. The van der Waals surface area contributed by atoms with Gasteiger partial charge in [-0.15, -0.1) is 0 Å². The van der Waals surface area contributed by atoms with Crippen molar-refractivity contribution in [2.75, 3.05) is 6.61 Å². The monoisotopic (exact) mass is 196 g/mol. The Labute approximate surface area is 82.7 Å². The average Bonchev–Trinajstić information content (AvgIpc) is 2.19. The molecule has 1 rings (SSSR count). The summed E-state index contributed by atoms with van der Waals surface area (Å²) >= 11 is 0. The summed E-state index contributed by atoms with van der Waals surface area (Å²) in [7, 11) is 0. The van der Waals surface area contributed by atoms with Crippen molar-refractivity contribution in [3.05, 3.63) is 35.4 Å². The van der Waals surface area contributed by atoms with Gasteiger partial charge in [0, 0.05) is 0 Å². The van der Waals surface area contributed by atoms with E-state index >= 15 is 0 Å². The number of ether oxygens (including phenoxy) is 1. The van der Waals surface area contributed by atoms with Gasteiger partial charge in [-0.1, -0.05) is 24.3 Å². The smallest absolute Gasteiger partial charge is 0.310 e. The molecule has 3 heteroatoms. The number of esters is 1. The lowest BCUT2D eigenvalue weighted by Crippen LogP contribution is -2.07. The first kappa shape index (κ1) is 10.7. The number of hydrogen-bond acceptors (Lipinski definition) is 2. The van der Waals surface area contributed by atoms with Crippen molar-refractivity contribution in [1.29, 1.82) is 0 Å². The van der Waals surface area contributed by atoms with Crippen LogP contribution in [0.15, 0.2) is 24.3 Å². The highest BCUT2D eigenvalue weighted by Gasteiger charge is 2.03. The van der Waals surface area contributed by atoms with E-state index in [1.54, 1.807) is 31.2 Å². The summed E-state index contributed by atoms with van der Waals surface area (Å²) in [5.74, 6) is -0.250. The predicted octanol–water partition coefficient (Wildman–Crippen LogP) is 2.26. The maximum absolute atomic E-state index is 12.1. The Morgan fingerprint density at radius 2 is 1.86 bits per heavy atom. The van der Waals surface area contributed by atoms with E-state index in [4.69, 9.17) is 4.74 Å². The molecule has 0 N–H and O–H groups in total. The van der Waals surface area contributed by atoms with Gasteiger partial charge < -0.3 is 4.74 Å². The van der Waals surface area contributed by atoms with E-state index in [2.05, 4.69) is 0 Å². The van der Waals surface area contributed by atoms with E-state index in [1.807, 2.05) is 0 Å². The number of hydrogen-bond donors (Lipinski definition) is 0. The summed E-state index contributed by atoms with van der Waals surface area (Å²) in [5.41, 5.74) is 1.47. The van der Waals surface area contributed by atoms with E-state index in [-0.39, 0.29) is 12.4 Å². The minimum atomic E-state index is -0.473. The summed E-state index contributed by atoms with van der Waals surface area (Å²) in [6, 6.07) is 6.83. The SMILES string of the molecule is CCOC(=O)Cc1ccc(CF)cc1. The van der Waals surface area contributed by atoms with Crippen molar-refractivity contribution in [3.63, 3.8) is 0 Å². The van der Waals surface area contributed by atoms with Crippen LogP contribution in [0.25, 0.3) is 0 Å². The molecule has 0 aliphatic carbocycles. The molecule has 0 saturated heterocycles. The van der Waals surface area contributed by atoms with Gasteiger partial charge in [-0.05, 0) is 18.1 Å². The molecule has 0 radical (unpaired) electrons. The molecule has 2 nitrogen and oxygen atoms in total. The molecule has 0 aliphatic heterocycles. The Hall–Kier alpha value is -1.38. The predicted molar refractivity (Wildman–Crippen MR) is 51.6 cm³/mol. The molecule has 1 aromatic rings. The van der Waals surface area contributed by atoms with Gasteiger partial charge in [0.2, 0.25) is 0 Å². The van der Waals surface area contributed by atoms with E-state index < -0.39 is 6.67 Å². The highest BCUT2D eigenvalue weighted by atomic mass is 19.1. The Balaban J connectivity index is 2.55. The third-order valence-electron chi connectivity index (χ3n) is 1.83. The number of benzene rings is 1. The first-order chi connectivity index (χ1) is 6.76. The first-order valence-electron chi connectivity index (χ1n) is 4.55. The van der Waals surface area contributed by atoms with Crippen LogP contribution < -0.4 is 0 Å². The van der Waals surface area contributed by atoms with Crippen LogP contribution in [0.3, 0.4) is 0 Å². The fourth-order valence-corrected chi connectivity index (χ4v) is 1.12. The number of halogens is 1. The second-order valence-corrected chi connectivity index (χ2v) is 2.93. The summed E-state index contributed by atoms with van der Waals surface area (Å²) in [6.45, 7) is 1.69. The second kappa shape index (κ2) is 5.37. The van der Waals surface area contributed by atoms with Crippen molar-refractivity contribution in [2.45, 2.75) is 20.0 Å². The van der Waals surface area contributed by atoms with E-state index in [9.17, 15) is 9.18 Å². The normalized spacial score (nSPS) is 9.86. The van der Waals surface area contributed by atoms with Gasteiger partial charge in [0.25, 0.3) is 0 Å². The topological polar surface area (TPSA) is 26.3 Å². The van der Waals surface area contributed by atoms with Gasteiger partial charge in [-0.25, -0.2) is 4.39 Å². The molecule has 0 heterocycles. The maximum atomic E-state index is 12.1. The molecule has 1 aromatic carbocycles. The largest absolute Gasteiger partial charge is 0.466 e. The lowest BCUT2D eigenvalue weighted by molar-refractivity contribution is -0.142. The highest BCUT2D eigenvalue weighted by molar-refractivity contribution is 5.72. The fraction of sp³-hybridized carbons (Fsp3) is 0.364. The standard InChI is InChI=1S/C11H13FO2/c1-2-14-11(13)7-9-3-5-10(8-12)6-4-9/h3-6H,2,7-8H2,1H3. The average molecular weight is 196 g/mol. The summed E-state index contributed by atoms with van der Waals surface area (Å²) in [6.07, 6.45) is 0.250. The number of alkyl halides is 1. The number of carbonyl (C=O) groups excluding carboxylic acids is 1. The Morgan fingerprint density at radius 1 is 1.29 bits per heavy atom. The van der Waals surface area contributed by atoms with E-state index in [0.29, 0.717) is 12.2 Å². The zero-order chi connectivity index (χ0) is 10.4. The van der Waals surface area contributed by atoms with Crippen LogP contribution in [-0.2, 0) is 22.6 Å². The molecule has 0 unspecified atom stereocenters. The first-order valence-corrected chi connectivity index (χ1v) is 4.55. The quantitative estimate of drug-likeness (QED) is 0.690. The van der Waals surface area contributed by atoms with Crippen LogP contribution in [0.5, 0.6) is 0 Å². The van der Waals surface area contributed by atoms with Crippen molar-refractivity contribution in [3.8, 4) is 0 Å². The Morgan fingerprint density at radius 3 is 2.36 bits per heavy atom. The second-order valence-electron chi connectivity index (χ2n) is 2.93. The summed E-state index contributed by atoms with van der Waals surface area (Å²) in [5, 5.41) is 0. The highest BCUT2D eigenvalue weighted by Crippen LogP contribution is 2.06. The van der Waals surface area contributed by atoms with Crippen LogP contribution in [0.1, 0.15) is 18.1 Å². The molecule has 0 atom stereocenters. The molecule has 0 amide bonds. The van der Waals surface area contributed by atoms with Gasteiger partial charge >= 0.3 is 5.97 Å². The van der Waals surface area contributed by atoms with Crippen molar-refractivity contribution in [2.24, 2.45) is 0 Å². The van der Waals surface area contributed by atoms with Gasteiger partial charge in [0.05, 0.1) is 13.0 Å². The van der Waals surface area contributed by atoms with Crippen molar-refractivity contribution < 1.29 is 13.9 Å². The lowest BCUT2D eigenvalue weighted by Gasteiger charge is -2.02. The fourth-order valence-electron chi connectivity index (χ4n) is 1.12. The molecule has 0 aliphatic rings. The van der Waals surface area contributed by atoms with Gasteiger partial charge in [-0.2, -0.15) is 0 Å². The minimum Gasteiger partial charge on any atom is -0.466 e. The molecule has 0 bridgehead atoms. The van der Waals surface area contributed by atoms with Gasteiger partial charge in [0.1, 0.15) is 6.67 Å². The van der Waals surface area contributed by atoms with Crippen LogP contribution in [0.4, 0.5) is 4.39 Å². The zero-order valence-electron chi connectivity index (χ0n) is 8.13. The Bertz CT molecular complexity index is 293. The van der Waals surface area contributed by atoms with Crippen LogP contribution in [0.2, 0.25) is 0 Å². The molecule has 14 heavy (non-hydrogen) atoms. The van der Waals surface area contributed by atoms with Crippen LogP contribution >= 0.6 is 0 Å². The molecule has 0 fully saturated rings. The van der Waals surface area contributed by atoms with Gasteiger partial charge in [0.15, 0.2) is 0 Å². The van der Waals surface area contributed by atoms with Crippen molar-refractivity contribution >= 4 is 5.97 Å². The molecule has 76 valence electrons. The maximum Gasteiger partial charge on any atom is 0.310 e. The van der Waals surface area contributed by atoms with Crippen LogP contribution in [0, 0.1) is 0 Å². The molecular weight excluding hydrogens is 183 g/mol. The third-order valence-corrected chi connectivity index (χ3v) is 1.83. The van der Waals surface area contributed by atoms with Crippen molar-refractivity contribution in [1.82, 2.24) is 0 Å². The lowest BCUT2D eigenvalue weighted by atomic mass is 10.1. The van der Waals surface area contributed by atoms with Gasteiger partial charge in [-0.3, -0.25) is 4.79 Å². The molecule has 0 spiro atoms. The summed E-state index contributed by atoms with van der Waals surface area (Å²) < 4.78 is 16.9. The van der Waals surface area contributed by atoms with E-state index in [1.165, 1.54) is 0 Å². The van der Waals surface area contributed by atoms with E-state index in [0.717, 1.165) is 5.56 Å². The third kappa shape index (κ3) is 3.17. The number of rotatable bonds is 4. The Kier molecular flexibility index (Phi) is 4.11.